The third-order valence-electron chi connectivity index (χ3n) is 5.72. The molecule has 4 rings (SSSR count). The SMILES string of the molecule is CNC(=O)c1cc(C(=O)NC2[C@H]3COC[C@@H]23)n([C@@H](C)c2ccc(C)c(F)c2)n1. The van der Waals surface area contributed by atoms with Gasteiger partial charge in [0, 0.05) is 31.0 Å². The summed E-state index contributed by atoms with van der Waals surface area (Å²) in [5.74, 6) is -0.266. The van der Waals surface area contributed by atoms with Gasteiger partial charge in [-0.1, -0.05) is 12.1 Å². The van der Waals surface area contributed by atoms with Crippen molar-refractivity contribution >= 4 is 11.8 Å². The second-order valence-electron chi connectivity index (χ2n) is 7.49. The van der Waals surface area contributed by atoms with Crippen molar-refractivity contribution in [1.29, 1.82) is 0 Å². The van der Waals surface area contributed by atoms with E-state index in [0.717, 1.165) is 0 Å². The van der Waals surface area contributed by atoms with Crippen LogP contribution in [0.25, 0.3) is 0 Å². The Morgan fingerprint density at radius 2 is 1.96 bits per heavy atom. The van der Waals surface area contributed by atoms with Crippen LogP contribution in [-0.2, 0) is 4.74 Å². The van der Waals surface area contributed by atoms with Crippen molar-refractivity contribution in [3.63, 3.8) is 0 Å². The van der Waals surface area contributed by atoms with Crippen LogP contribution < -0.4 is 10.6 Å². The number of ether oxygens (including phenoxy) is 1. The van der Waals surface area contributed by atoms with Gasteiger partial charge >= 0.3 is 0 Å². The molecule has 1 aromatic heterocycles. The Hall–Kier alpha value is -2.74. The lowest BCUT2D eigenvalue weighted by Gasteiger charge is -2.17. The lowest BCUT2D eigenvalue weighted by Crippen LogP contribution is -2.32. The summed E-state index contributed by atoms with van der Waals surface area (Å²) in [6.45, 7) is 4.84. The number of nitrogens with zero attached hydrogens (tertiary/aromatic N) is 2. The van der Waals surface area contributed by atoms with Gasteiger partial charge in [0.05, 0.1) is 19.3 Å². The molecule has 2 N–H and O–H groups in total. The third-order valence-corrected chi connectivity index (χ3v) is 5.72. The summed E-state index contributed by atoms with van der Waals surface area (Å²) in [5, 5.41) is 9.87. The summed E-state index contributed by atoms with van der Waals surface area (Å²) in [5.41, 5.74) is 1.63. The normalized spacial score (nSPS) is 23.8. The number of nitrogens with one attached hydrogen (secondary N) is 2. The van der Waals surface area contributed by atoms with Crippen LogP contribution in [0.5, 0.6) is 0 Å². The standard InChI is InChI=1S/C20H23FN4O3/c1-10-4-5-12(6-15(10)21)11(2)25-17(7-16(24-25)19(26)22-3)20(27)23-18-13-8-28-9-14(13)18/h4-7,11,13-14,18H,8-9H2,1-3H3,(H,22,26)(H,23,27)/t11-,13-,14+,18?/m0/s1. The van der Waals surface area contributed by atoms with E-state index < -0.39 is 6.04 Å². The van der Waals surface area contributed by atoms with E-state index in [-0.39, 0.29) is 35.1 Å². The fraction of sp³-hybridized carbons (Fsp3) is 0.450. The Morgan fingerprint density at radius 3 is 2.61 bits per heavy atom. The maximum absolute atomic E-state index is 14.0. The number of amides is 2. The van der Waals surface area contributed by atoms with Gasteiger partial charge in [-0.15, -0.1) is 0 Å². The van der Waals surface area contributed by atoms with Gasteiger partial charge in [-0.3, -0.25) is 14.3 Å². The largest absolute Gasteiger partial charge is 0.381 e. The highest BCUT2D eigenvalue weighted by molar-refractivity contribution is 5.98. The highest BCUT2D eigenvalue weighted by Gasteiger charge is 2.55. The molecule has 2 amide bonds. The van der Waals surface area contributed by atoms with Crippen molar-refractivity contribution in [3.8, 4) is 0 Å². The number of benzene rings is 1. The van der Waals surface area contributed by atoms with Gasteiger partial charge in [0.1, 0.15) is 11.5 Å². The van der Waals surface area contributed by atoms with E-state index in [2.05, 4.69) is 15.7 Å². The first kappa shape index (κ1) is 18.6. The zero-order chi connectivity index (χ0) is 20.0. The van der Waals surface area contributed by atoms with Gasteiger partial charge in [-0.25, -0.2) is 4.39 Å². The maximum atomic E-state index is 14.0. The molecular weight excluding hydrogens is 363 g/mol. The average molecular weight is 386 g/mol. The smallest absolute Gasteiger partial charge is 0.271 e. The number of rotatable bonds is 5. The van der Waals surface area contributed by atoms with Crippen molar-refractivity contribution < 1.29 is 18.7 Å². The molecule has 1 aromatic carbocycles. The van der Waals surface area contributed by atoms with E-state index in [1.165, 1.54) is 23.9 Å². The predicted molar refractivity (Wildman–Crippen MR) is 99.6 cm³/mol. The van der Waals surface area contributed by atoms with Crippen LogP contribution in [0.3, 0.4) is 0 Å². The molecule has 0 spiro atoms. The predicted octanol–water partition coefficient (Wildman–Crippen LogP) is 1.67. The van der Waals surface area contributed by atoms with Crippen LogP contribution in [0.2, 0.25) is 0 Å². The Morgan fingerprint density at radius 1 is 1.25 bits per heavy atom. The van der Waals surface area contributed by atoms with Gasteiger partial charge in [0.25, 0.3) is 11.8 Å². The molecule has 4 atom stereocenters. The van der Waals surface area contributed by atoms with E-state index >= 15 is 0 Å². The van der Waals surface area contributed by atoms with Crippen LogP contribution >= 0.6 is 0 Å². The second-order valence-corrected chi connectivity index (χ2v) is 7.49. The highest BCUT2D eigenvalue weighted by atomic mass is 19.1. The first-order valence-corrected chi connectivity index (χ1v) is 9.37. The number of fused-ring (bicyclic) bond motifs is 1. The molecule has 148 valence electrons. The Labute approximate surface area is 162 Å². The van der Waals surface area contributed by atoms with Crippen LogP contribution in [-0.4, -0.2) is 47.9 Å². The van der Waals surface area contributed by atoms with Gasteiger partial charge in [-0.05, 0) is 31.0 Å². The van der Waals surface area contributed by atoms with Crippen LogP contribution in [0.4, 0.5) is 4.39 Å². The molecule has 1 saturated heterocycles. The van der Waals surface area contributed by atoms with E-state index in [0.29, 0.717) is 36.2 Å². The van der Waals surface area contributed by atoms with E-state index in [1.807, 2.05) is 6.92 Å². The molecule has 0 bridgehead atoms. The minimum atomic E-state index is -0.420. The number of aromatic nitrogens is 2. The fourth-order valence-electron chi connectivity index (χ4n) is 3.79. The monoisotopic (exact) mass is 386 g/mol. The summed E-state index contributed by atoms with van der Waals surface area (Å²) in [6.07, 6.45) is 0. The molecule has 1 aliphatic carbocycles. The summed E-state index contributed by atoms with van der Waals surface area (Å²) in [6, 6.07) is 6.08. The number of carbonyl (C=O) groups excluding carboxylic acids is 2. The Kier molecular flexibility index (Phi) is 4.66. The first-order chi connectivity index (χ1) is 13.4. The average Bonchev–Trinajstić information content (AvgIpc) is 3.10. The molecule has 1 unspecified atom stereocenters. The molecule has 2 aliphatic rings. The summed E-state index contributed by atoms with van der Waals surface area (Å²) in [7, 11) is 1.51. The molecule has 2 heterocycles. The van der Waals surface area contributed by atoms with Crippen LogP contribution in [0, 0.1) is 24.6 Å². The number of halogens is 1. The van der Waals surface area contributed by atoms with E-state index in [1.54, 1.807) is 19.1 Å². The van der Waals surface area contributed by atoms with Crippen LogP contribution in [0.1, 0.15) is 45.1 Å². The molecule has 2 fully saturated rings. The molecule has 1 saturated carbocycles. The summed E-state index contributed by atoms with van der Waals surface area (Å²) >= 11 is 0. The molecule has 1 aliphatic heterocycles. The van der Waals surface area contributed by atoms with Crippen molar-refractivity contribution in [2.45, 2.75) is 25.9 Å². The van der Waals surface area contributed by atoms with E-state index in [9.17, 15) is 14.0 Å². The first-order valence-electron chi connectivity index (χ1n) is 9.37. The quantitative estimate of drug-likeness (QED) is 0.819. The fourth-order valence-corrected chi connectivity index (χ4v) is 3.79. The lowest BCUT2D eigenvalue weighted by molar-refractivity contribution is 0.0915. The van der Waals surface area contributed by atoms with E-state index in [4.69, 9.17) is 4.74 Å². The van der Waals surface area contributed by atoms with Crippen molar-refractivity contribution in [2.24, 2.45) is 11.8 Å². The second kappa shape index (κ2) is 7.01. The third kappa shape index (κ3) is 3.17. The topological polar surface area (TPSA) is 85.3 Å². The number of carbonyl (C=O) groups is 2. The molecule has 8 heteroatoms. The lowest BCUT2D eigenvalue weighted by atomic mass is 10.1. The van der Waals surface area contributed by atoms with Gasteiger partial charge < -0.3 is 15.4 Å². The van der Waals surface area contributed by atoms with Crippen molar-refractivity contribution in [2.75, 3.05) is 20.3 Å². The number of aryl methyl sites for hydroxylation is 1. The number of hydrogen-bond donors (Lipinski definition) is 2. The van der Waals surface area contributed by atoms with Gasteiger partial charge in [0.15, 0.2) is 5.69 Å². The zero-order valence-corrected chi connectivity index (χ0v) is 16.0. The Balaban J connectivity index is 1.64. The summed E-state index contributed by atoms with van der Waals surface area (Å²) in [4.78, 5) is 25.0. The molecule has 2 aromatic rings. The molecule has 0 radical (unpaired) electrons. The zero-order valence-electron chi connectivity index (χ0n) is 16.0. The highest BCUT2D eigenvalue weighted by Crippen LogP contribution is 2.44. The molecule has 28 heavy (non-hydrogen) atoms. The number of hydrogen-bond acceptors (Lipinski definition) is 4. The van der Waals surface area contributed by atoms with Crippen molar-refractivity contribution in [1.82, 2.24) is 20.4 Å². The van der Waals surface area contributed by atoms with Gasteiger partial charge in [-0.2, -0.15) is 5.10 Å². The summed E-state index contributed by atoms with van der Waals surface area (Å²) < 4.78 is 20.9. The Bertz CT molecular complexity index is 932. The van der Waals surface area contributed by atoms with Crippen LogP contribution in [0.15, 0.2) is 24.3 Å². The minimum absolute atomic E-state index is 0.0974. The minimum Gasteiger partial charge on any atom is -0.381 e. The molecule has 7 nitrogen and oxygen atoms in total. The molecular formula is C20H23FN4O3. The van der Waals surface area contributed by atoms with Gasteiger partial charge in [0.2, 0.25) is 0 Å². The maximum Gasteiger partial charge on any atom is 0.271 e. The van der Waals surface area contributed by atoms with Crippen molar-refractivity contribution in [3.05, 3.63) is 52.6 Å².